The molecule has 150 valence electrons. The topological polar surface area (TPSA) is 52.7 Å². The highest BCUT2D eigenvalue weighted by atomic mass is 16.2. The molecule has 0 bridgehead atoms. The highest BCUT2D eigenvalue weighted by Crippen LogP contribution is 2.31. The van der Waals surface area contributed by atoms with E-state index in [0.717, 1.165) is 18.7 Å². The molecule has 0 radical (unpaired) electrons. The van der Waals surface area contributed by atoms with Crippen LogP contribution >= 0.6 is 0 Å². The third kappa shape index (κ3) is 4.10. The number of nitrogens with one attached hydrogen (secondary N) is 1. The van der Waals surface area contributed by atoms with Crippen LogP contribution in [0.5, 0.6) is 0 Å². The maximum Gasteiger partial charge on any atom is 0.258 e. The van der Waals surface area contributed by atoms with Gasteiger partial charge in [0.2, 0.25) is 5.91 Å². The van der Waals surface area contributed by atoms with Crippen LogP contribution in [0.4, 0.5) is 0 Å². The fraction of sp³-hybridized carbons (Fsp3) is 0.333. The first-order valence-corrected chi connectivity index (χ1v) is 10.3. The van der Waals surface area contributed by atoms with Crippen LogP contribution in [0.25, 0.3) is 5.70 Å². The van der Waals surface area contributed by atoms with Crippen LogP contribution in [0.1, 0.15) is 46.8 Å². The minimum absolute atomic E-state index is 0.0401. The summed E-state index contributed by atoms with van der Waals surface area (Å²) in [5.41, 5.74) is 3.43. The summed E-state index contributed by atoms with van der Waals surface area (Å²) in [5.74, 6) is -0.112. The molecule has 29 heavy (non-hydrogen) atoms. The summed E-state index contributed by atoms with van der Waals surface area (Å²) in [6, 6.07) is 18.0. The van der Waals surface area contributed by atoms with E-state index in [9.17, 15) is 9.59 Å². The Labute approximate surface area is 172 Å². The Hall–Kier alpha value is -2.92. The molecule has 1 fully saturated rings. The number of hydrogen-bond acceptors (Lipinski definition) is 3. The number of fused-ring (bicyclic) bond motifs is 1. The standard InChI is InChI=1S/C24H27N3O2/c1-18-20-11-5-6-12-21(20)24(29)27(18)16-13-23(28)25-17-22(26-14-7-8-15-26)19-9-3-2-4-10-19/h2-6,9-12,22H,1,7-8,13-17H2,(H,25,28)/t22-/m1/s1. The van der Waals surface area contributed by atoms with Gasteiger partial charge in [-0.2, -0.15) is 0 Å². The van der Waals surface area contributed by atoms with Crippen LogP contribution in [0.15, 0.2) is 61.2 Å². The molecule has 2 aliphatic heterocycles. The van der Waals surface area contributed by atoms with Crippen LogP contribution in [0.3, 0.4) is 0 Å². The normalized spacial score (nSPS) is 17.4. The Bertz CT molecular complexity index is 868. The van der Waals surface area contributed by atoms with Crippen LogP contribution in [0, 0.1) is 0 Å². The number of nitrogens with zero attached hydrogens (tertiary/aromatic N) is 2. The van der Waals surface area contributed by atoms with E-state index in [-0.39, 0.29) is 24.3 Å². The van der Waals surface area contributed by atoms with Gasteiger partial charge in [-0.3, -0.25) is 14.5 Å². The summed E-state index contributed by atoms with van der Waals surface area (Å²) < 4.78 is 0. The summed E-state index contributed by atoms with van der Waals surface area (Å²) in [7, 11) is 0. The third-order valence-corrected chi connectivity index (χ3v) is 5.86. The maximum atomic E-state index is 12.6. The van der Waals surface area contributed by atoms with Gasteiger partial charge in [0.25, 0.3) is 5.91 Å². The van der Waals surface area contributed by atoms with Gasteiger partial charge in [-0.15, -0.1) is 0 Å². The predicted molar refractivity (Wildman–Crippen MR) is 114 cm³/mol. The molecule has 5 nitrogen and oxygen atoms in total. The van der Waals surface area contributed by atoms with E-state index >= 15 is 0 Å². The first-order chi connectivity index (χ1) is 14.1. The molecule has 0 unspecified atom stereocenters. The fourth-order valence-electron chi connectivity index (χ4n) is 4.27. The molecule has 5 heteroatoms. The summed E-state index contributed by atoms with van der Waals surface area (Å²) >= 11 is 0. The number of hydrogen-bond donors (Lipinski definition) is 1. The lowest BCUT2D eigenvalue weighted by atomic mass is 10.1. The summed E-state index contributed by atoms with van der Waals surface area (Å²) in [6.45, 7) is 7.10. The van der Waals surface area contributed by atoms with Crippen molar-refractivity contribution in [2.24, 2.45) is 0 Å². The highest BCUT2D eigenvalue weighted by Gasteiger charge is 2.30. The number of carbonyl (C=O) groups excluding carboxylic acids is 2. The Kier molecular flexibility index (Phi) is 5.76. The molecule has 2 aromatic carbocycles. The van der Waals surface area contributed by atoms with Gasteiger partial charge in [-0.05, 0) is 37.6 Å². The van der Waals surface area contributed by atoms with Crippen molar-refractivity contribution in [2.45, 2.75) is 25.3 Å². The van der Waals surface area contributed by atoms with Crippen molar-refractivity contribution in [3.05, 3.63) is 77.9 Å². The molecule has 2 aliphatic rings. The molecule has 0 aromatic heterocycles. The lowest BCUT2D eigenvalue weighted by Crippen LogP contribution is -2.38. The smallest absolute Gasteiger partial charge is 0.258 e. The van der Waals surface area contributed by atoms with Crippen LogP contribution in [-0.4, -0.2) is 47.8 Å². The van der Waals surface area contributed by atoms with Gasteiger partial charge in [0, 0.05) is 36.3 Å². The van der Waals surface area contributed by atoms with Gasteiger partial charge in [0.1, 0.15) is 0 Å². The fourth-order valence-corrected chi connectivity index (χ4v) is 4.27. The van der Waals surface area contributed by atoms with Crippen molar-refractivity contribution < 1.29 is 9.59 Å². The number of amides is 2. The van der Waals surface area contributed by atoms with Crippen LogP contribution in [0.2, 0.25) is 0 Å². The molecule has 2 amide bonds. The van der Waals surface area contributed by atoms with Gasteiger partial charge in [-0.1, -0.05) is 55.1 Å². The maximum absolute atomic E-state index is 12.6. The Balaban J connectivity index is 1.34. The van der Waals surface area contributed by atoms with Gasteiger partial charge in [-0.25, -0.2) is 0 Å². The molecule has 1 atom stereocenters. The van der Waals surface area contributed by atoms with Gasteiger partial charge < -0.3 is 10.2 Å². The average molecular weight is 389 g/mol. The highest BCUT2D eigenvalue weighted by molar-refractivity contribution is 6.08. The average Bonchev–Trinajstić information content (AvgIpc) is 3.36. The lowest BCUT2D eigenvalue weighted by Gasteiger charge is -2.28. The van der Waals surface area contributed by atoms with E-state index in [0.29, 0.717) is 24.4 Å². The van der Waals surface area contributed by atoms with Crippen LogP contribution in [-0.2, 0) is 4.79 Å². The molecule has 2 aromatic rings. The van der Waals surface area contributed by atoms with Crippen molar-refractivity contribution in [1.29, 1.82) is 0 Å². The minimum atomic E-state index is -0.0716. The summed E-state index contributed by atoms with van der Waals surface area (Å²) in [4.78, 5) is 29.2. The second-order valence-electron chi connectivity index (χ2n) is 7.67. The molecule has 0 aliphatic carbocycles. The Morgan fingerprint density at radius 1 is 1.00 bits per heavy atom. The second kappa shape index (κ2) is 8.62. The van der Waals surface area contributed by atoms with E-state index in [1.54, 1.807) is 4.90 Å². The summed E-state index contributed by atoms with van der Waals surface area (Å²) in [6.07, 6.45) is 2.67. The molecular formula is C24H27N3O2. The SMILES string of the molecule is C=C1c2ccccc2C(=O)N1CCC(=O)NC[C@H](c1ccccc1)N1CCCC1. The number of carbonyl (C=O) groups is 2. The molecule has 2 heterocycles. The van der Waals surface area contributed by atoms with E-state index in [2.05, 4.69) is 28.9 Å². The first-order valence-electron chi connectivity index (χ1n) is 10.3. The molecule has 4 rings (SSSR count). The van der Waals surface area contributed by atoms with E-state index in [1.807, 2.05) is 42.5 Å². The first kappa shape index (κ1) is 19.4. The Morgan fingerprint density at radius 2 is 1.66 bits per heavy atom. The van der Waals surface area contributed by atoms with E-state index < -0.39 is 0 Å². The molecular weight excluding hydrogens is 362 g/mol. The van der Waals surface area contributed by atoms with E-state index in [1.165, 1.54) is 18.4 Å². The lowest BCUT2D eigenvalue weighted by molar-refractivity contribution is -0.121. The van der Waals surface area contributed by atoms with Gasteiger partial charge in [0.15, 0.2) is 0 Å². The second-order valence-corrected chi connectivity index (χ2v) is 7.67. The number of likely N-dealkylation sites (tertiary alicyclic amines) is 1. The van der Waals surface area contributed by atoms with Crippen molar-refractivity contribution in [2.75, 3.05) is 26.2 Å². The molecule has 0 spiro atoms. The zero-order chi connectivity index (χ0) is 20.2. The summed E-state index contributed by atoms with van der Waals surface area (Å²) in [5, 5.41) is 3.08. The monoisotopic (exact) mass is 389 g/mol. The van der Waals surface area contributed by atoms with Gasteiger partial charge in [0.05, 0.1) is 6.04 Å². The Morgan fingerprint density at radius 3 is 2.34 bits per heavy atom. The quantitative estimate of drug-likeness (QED) is 0.789. The zero-order valence-electron chi connectivity index (χ0n) is 16.6. The third-order valence-electron chi connectivity index (χ3n) is 5.86. The molecule has 1 saturated heterocycles. The van der Waals surface area contributed by atoms with E-state index in [4.69, 9.17) is 0 Å². The van der Waals surface area contributed by atoms with Gasteiger partial charge >= 0.3 is 0 Å². The number of benzene rings is 2. The predicted octanol–water partition coefficient (Wildman–Crippen LogP) is 3.46. The van der Waals surface area contributed by atoms with Crippen molar-refractivity contribution in [3.8, 4) is 0 Å². The minimum Gasteiger partial charge on any atom is -0.354 e. The zero-order valence-corrected chi connectivity index (χ0v) is 16.6. The number of rotatable bonds is 7. The van der Waals surface area contributed by atoms with Crippen molar-refractivity contribution in [1.82, 2.24) is 15.1 Å². The largest absolute Gasteiger partial charge is 0.354 e. The van der Waals surface area contributed by atoms with Crippen molar-refractivity contribution in [3.63, 3.8) is 0 Å². The molecule has 0 saturated carbocycles. The molecule has 1 N–H and O–H groups in total. The van der Waals surface area contributed by atoms with Crippen LogP contribution < -0.4 is 5.32 Å². The van der Waals surface area contributed by atoms with Crippen molar-refractivity contribution >= 4 is 17.5 Å².